The summed E-state index contributed by atoms with van der Waals surface area (Å²) < 4.78 is 0. The number of likely N-dealkylation sites (tertiary alicyclic amines) is 1. The largest absolute Gasteiger partial charge is 0.478 e. The summed E-state index contributed by atoms with van der Waals surface area (Å²) in [6.45, 7) is 19.6. The summed E-state index contributed by atoms with van der Waals surface area (Å²) in [4.78, 5) is 13.2. The lowest BCUT2D eigenvalue weighted by Gasteiger charge is -2.26. The highest BCUT2D eigenvalue weighted by Gasteiger charge is 2.08. The normalized spacial score (nSPS) is 13.7. The van der Waals surface area contributed by atoms with Crippen LogP contribution in [-0.2, 0) is 12.8 Å². The highest BCUT2D eigenvalue weighted by Crippen LogP contribution is 2.12. The number of nitrogens with zero attached hydrogens (tertiary/aromatic N) is 1. The second-order valence-electron chi connectivity index (χ2n) is 12.0. The number of piperidine rings is 1. The molecule has 0 radical (unpaired) electrons. The van der Waals surface area contributed by atoms with Crippen LogP contribution in [0.25, 0.3) is 0 Å². The van der Waals surface area contributed by atoms with Gasteiger partial charge < -0.3 is 10.0 Å². The van der Waals surface area contributed by atoms with E-state index in [1.165, 1.54) is 81.3 Å². The number of hydrogen-bond acceptors (Lipinski definition) is 2. The molecule has 1 fully saturated rings. The van der Waals surface area contributed by atoms with Crippen molar-refractivity contribution < 1.29 is 9.90 Å². The highest BCUT2D eigenvalue weighted by molar-refractivity contribution is 5.87. The van der Waals surface area contributed by atoms with E-state index in [2.05, 4.69) is 77.6 Å². The zero-order chi connectivity index (χ0) is 27.6. The van der Waals surface area contributed by atoms with E-state index in [9.17, 15) is 4.79 Å². The number of aryl methyl sites for hydroxylation is 1. The fourth-order valence-electron chi connectivity index (χ4n) is 4.52. The van der Waals surface area contributed by atoms with Gasteiger partial charge in [0.05, 0.1) is 5.56 Å². The molecule has 0 aliphatic carbocycles. The van der Waals surface area contributed by atoms with E-state index in [0.29, 0.717) is 11.5 Å². The average molecular weight is 510 g/mol. The van der Waals surface area contributed by atoms with Crippen molar-refractivity contribution in [3.05, 3.63) is 70.8 Å². The monoisotopic (exact) mass is 509 g/mol. The van der Waals surface area contributed by atoms with Gasteiger partial charge in [0.15, 0.2) is 0 Å². The Balaban J connectivity index is 0.000000279. The van der Waals surface area contributed by atoms with Crippen molar-refractivity contribution in [3.63, 3.8) is 0 Å². The first-order valence-electron chi connectivity index (χ1n) is 14.7. The number of rotatable bonds is 10. The lowest BCUT2D eigenvalue weighted by atomic mass is 10.0. The first-order valence-corrected chi connectivity index (χ1v) is 14.7. The number of carbonyl (C=O) groups is 1. The van der Waals surface area contributed by atoms with E-state index in [4.69, 9.17) is 5.11 Å². The Hall–Kier alpha value is -2.13. The smallest absolute Gasteiger partial charge is 0.335 e. The third-order valence-corrected chi connectivity index (χ3v) is 6.56. The molecular weight excluding hydrogens is 454 g/mol. The average Bonchev–Trinajstić information content (AvgIpc) is 2.84. The molecule has 1 aliphatic rings. The first-order chi connectivity index (χ1) is 17.6. The van der Waals surface area contributed by atoms with Crippen molar-refractivity contribution in [3.8, 4) is 0 Å². The van der Waals surface area contributed by atoms with Gasteiger partial charge in [0, 0.05) is 0 Å². The van der Waals surface area contributed by atoms with Gasteiger partial charge in [-0.25, -0.2) is 4.79 Å². The second-order valence-corrected chi connectivity index (χ2v) is 12.0. The van der Waals surface area contributed by atoms with Crippen LogP contribution in [-0.4, -0.2) is 35.6 Å². The predicted octanol–water partition coefficient (Wildman–Crippen LogP) is 9.08. The molecule has 37 heavy (non-hydrogen) atoms. The van der Waals surface area contributed by atoms with Crippen LogP contribution >= 0.6 is 0 Å². The maximum Gasteiger partial charge on any atom is 0.335 e. The van der Waals surface area contributed by atoms with Crippen LogP contribution in [0.2, 0.25) is 0 Å². The number of unbranched alkanes of at least 4 members (excludes halogenated alkanes) is 1. The van der Waals surface area contributed by atoms with Gasteiger partial charge in [0.1, 0.15) is 0 Å². The Labute approximate surface area is 228 Å². The molecule has 3 nitrogen and oxygen atoms in total. The molecule has 2 aromatic rings. The Morgan fingerprint density at radius 3 is 1.65 bits per heavy atom. The molecule has 0 aromatic heterocycles. The van der Waals surface area contributed by atoms with E-state index < -0.39 is 5.97 Å². The number of benzene rings is 2. The molecule has 0 spiro atoms. The van der Waals surface area contributed by atoms with Gasteiger partial charge in [-0.05, 0) is 99.7 Å². The number of carboxylic acid groups (broad SMARTS) is 1. The van der Waals surface area contributed by atoms with E-state index in [1.807, 2.05) is 12.1 Å². The molecule has 3 rings (SSSR count). The van der Waals surface area contributed by atoms with Crippen molar-refractivity contribution in [1.82, 2.24) is 4.90 Å². The molecule has 0 bridgehead atoms. The molecule has 1 N–H and O–H groups in total. The summed E-state index contributed by atoms with van der Waals surface area (Å²) >= 11 is 0. The summed E-state index contributed by atoms with van der Waals surface area (Å²) in [5.74, 6) is 1.39. The minimum Gasteiger partial charge on any atom is -0.478 e. The van der Waals surface area contributed by atoms with Crippen molar-refractivity contribution in [2.24, 2.45) is 17.8 Å². The van der Waals surface area contributed by atoms with Gasteiger partial charge in [-0.2, -0.15) is 0 Å². The number of hydrogen-bond donors (Lipinski definition) is 1. The molecule has 0 saturated carbocycles. The van der Waals surface area contributed by atoms with Crippen molar-refractivity contribution in [2.75, 3.05) is 19.6 Å². The summed E-state index contributed by atoms with van der Waals surface area (Å²) in [7, 11) is 0. The Morgan fingerprint density at radius 1 is 0.730 bits per heavy atom. The lowest BCUT2D eigenvalue weighted by molar-refractivity contribution is 0.0697. The van der Waals surface area contributed by atoms with Crippen LogP contribution < -0.4 is 0 Å². The Morgan fingerprint density at radius 2 is 1.22 bits per heavy atom. The maximum absolute atomic E-state index is 10.5. The SMILES string of the molecule is CC(C)CCCCN1CCCCC1.CC(C)Cc1ccc(C(=O)O)cc1.Cc1ccc(CC(C)C)cc1. The molecule has 0 amide bonds. The fraction of sp³-hybridized carbons (Fsp3) is 0.618. The van der Waals surface area contributed by atoms with Crippen LogP contribution in [0.4, 0.5) is 0 Å². The molecule has 3 heteroatoms. The zero-order valence-corrected chi connectivity index (χ0v) is 24.9. The Kier molecular flexibility index (Phi) is 16.9. The van der Waals surface area contributed by atoms with Gasteiger partial charge in [0.2, 0.25) is 0 Å². The summed E-state index contributed by atoms with van der Waals surface area (Å²) in [5, 5.41) is 8.66. The zero-order valence-electron chi connectivity index (χ0n) is 24.9. The summed E-state index contributed by atoms with van der Waals surface area (Å²) in [5.41, 5.74) is 4.34. The maximum atomic E-state index is 10.5. The van der Waals surface area contributed by atoms with Crippen LogP contribution in [0.3, 0.4) is 0 Å². The molecule has 208 valence electrons. The van der Waals surface area contributed by atoms with Gasteiger partial charge >= 0.3 is 5.97 Å². The first kappa shape index (κ1) is 32.9. The molecular formula is C34H55NO2. The second kappa shape index (κ2) is 19.0. The van der Waals surface area contributed by atoms with Crippen molar-refractivity contribution in [1.29, 1.82) is 0 Å². The van der Waals surface area contributed by atoms with Crippen molar-refractivity contribution in [2.45, 2.75) is 99.8 Å². The fourth-order valence-corrected chi connectivity index (χ4v) is 4.52. The van der Waals surface area contributed by atoms with Gasteiger partial charge in [-0.3, -0.25) is 0 Å². The van der Waals surface area contributed by atoms with E-state index >= 15 is 0 Å². The highest BCUT2D eigenvalue weighted by atomic mass is 16.4. The summed E-state index contributed by atoms with van der Waals surface area (Å²) in [6, 6.07) is 15.9. The summed E-state index contributed by atoms with van der Waals surface area (Å²) in [6.07, 6.45) is 10.8. The number of aromatic carboxylic acids is 1. The molecule has 2 aromatic carbocycles. The molecule has 1 saturated heterocycles. The van der Waals surface area contributed by atoms with E-state index in [1.54, 1.807) is 12.1 Å². The number of carboxylic acids is 1. The van der Waals surface area contributed by atoms with Crippen molar-refractivity contribution >= 4 is 5.97 Å². The third-order valence-electron chi connectivity index (χ3n) is 6.56. The van der Waals surface area contributed by atoms with E-state index in [-0.39, 0.29) is 0 Å². The molecule has 1 aliphatic heterocycles. The minimum absolute atomic E-state index is 0.354. The van der Waals surface area contributed by atoms with Gasteiger partial charge in [-0.1, -0.05) is 103 Å². The lowest BCUT2D eigenvalue weighted by Crippen LogP contribution is -2.30. The molecule has 0 unspecified atom stereocenters. The van der Waals surface area contributed by atoms with Gasteiger partial charge in [0.25, 0.3) is 0 Å². The minimum atomic E-state index is -0.865. The van der Waals surface area contributed by atoms with Crippen LogP contribution in [0.1, 0.15) is 107 Å². The quantitative estimate of drug-likeness (QED) is 0.325. The topological polar surface area (TPSA) is 40.5 Å². The molecule has 1 heterocycles. The third kappa shape index (κ3) is 17.1. The van der Waals surface area contributed by atoms with E-state index in [0.717, 1.165) is 18.3 Å². The van der Waals surface area contributed by atoms with Crippen LogP contribution in [0.15, 0.2) is 48.5 Å². The standard InChI is InChI=1S/C12H25N.C11H14O2.C11H16/c1-12(2)8-4-7-11-13-9-5-3-6-10-13;1-8(2)7-9-3-5-10(6-4-9)11(12)13;1-9(2)8-11-6-4-10(3)5-7-11/h12H,3-11H2,1-2H3;3-6,8H,7H2,1-2H3,(H,12,13);4-7,9H,8H2,1-3H3. The Bertz CT molecular complexity index is 831. The van der Waals surface area contributed by atoms with Crippen LogP contribution in [0, 0.1) is 24.7 Å². The van der Waals surface area contributed by atoms with Crippen LogP contribution in [0.5, 0.6) is 0 Å². The van der Waals surface area contributed by atoms with Gasteiger partial charge in [-0.15, -0.1) is 0 Å². The molecule has 0 atom stereocenters. The predicted molar refractivity (Wildman–Crippen MR) is 161 cm³/mol.